The van der Waals surface area contributed by atoms with Gasteiger partial charge in [-0.1, -0.05) is 18.2 Å². The van der Waals surface area contributed by atoms with Gasteiger partial charge in [-0.05, 0) is 36.8 Å². The zero-order valence-corrected chi connectivity index (χ0v) is 13.4. The summed E-state index contributed by atoms with van der Waals surface area (Å²) in [4.78, 5) is 28.6. The number of methoxy groups -OCH3 is 1. The molecular formula is C18H17N3O3. The highest BCUT2D eigenvalue weighted by Gasteiger charge is 2.11. The Morgan fingerprint density at radius 2 is 2.04 bits per heavy atom. The molecule has 3 rings (SSSR count). The van der Waals surface area contributed by atoms with Crippen molar-refractivity contribution in [2.24, 2.45) is 0 Å². The lowest BCUT2D eigenvalue weighted by Crippen LogP contribution is -2.28. The predicted molar refractivity (Wildman–Crippen MR) is 92.4 cm³/mol. The molecule has 6 heteroatoms. The molecule has 2 aromatic carbocycles. The van der Waals surface area contributed by atoms with E-state index in [1.54, 1.807) is 31.4 Å². The lowest BCUT2D eigenvalue weighted by atomic mass is 10.2. The third-order valence-electron chi connectivity index (χ3n) is 3.68. The molecule has 1 aromatic heterocycles. The van der Waals surface area contributed by atoms with Crippen molar-refractivity contribution in [3.05, 3.63) is 64.6 Å². The molecule has 0 spiro atoms. The Labute approximate surface area is 138 Å². The Bertz CT molecular complexity index is 963. The fraction of sp³-hybridized carbons (Fsp3) is 0.167. The molecule has 122 valence electrons. The van der Waals surface area contributed by atoms with Crippen LogP contribution in [-0.2, 0) is 11.3 Å². The van der Waals surface area contributed by atoms with Gasteiger partial charge in [0.15, 0.2) is 0 Å². The molecule has 3 aromatic rings. The summed E-state index contributed by atoms with van der Waals surface area (Å²) in [6, 6.07) is 12.7. The highest BCUT2D eigenvalue weighted by molar-refractivity contribution is 5.93. The van der Waals surface area contributed by atoms with Crippen molar-refractivity contribution in [1.82, 2.24) is 9.55 Å². The number of carbonyl (C=O) groups excluding carboxylic acids is 1. The average Bonchev–Trinajstić information content (AvgIpc) is 2.58. The van der Waals surface area contributed by atoms with Gasteiger partial charge in [0.25, 0.3) is 5.56 Å². The number of rotatable bonds is 4. The van der Waals surface area contributed by atoms with Gasteiger partial charge in [-0.15, -0.1) is 0 Å². The SMILES string of the molecule is COc1ccc(C)cc1NC(=O)Cn1c(=O)cnc2ccccc21. The van der Waals surface area contributed by atoms with Crippen LogP contribution in [0.2, 0.25) is 0 Å². The number of nitrogens with zero attached hydrogens (tertiary/aromatic N) is 2. The molecule has 1 heterocycles. The van der Waals surface area contributed by atoms with Crippen LogP contribution >= 0.6 is 0 Å². The van der Waals surface area contributed by atoms with Crippen LogP contribution in [0, 0.1) is 6.92 Å². The van der Waals surface area contributed by atoms with E-state index in [1.165, 1.54) is 10.8 Å². The number of ether oxygens (including phenoxy) is 1. The Balaban J connectivity index is 1.90. The maximum Gasteiger partial charge on any atom is 0.269 e. The average molecular weight is 323 g/mol. The summed E-state index contributed by atoms with van der Waals surface area (Å²) in [5, 5.41) is 2.80. The second-order valence-electron chi connectivity index (χ2n) is 5.42. The van der Waals surface area contributed by atoms with Crippen LogP contribution in [0.5, 0.6) is 5.75 Å². The molecule has 0 aliphatic rings. The van der Waals surface area contributed by atoms with E-state index in [0.717, 1.165) is 5.56 Å². The van der Waals surface area contributed by atoms with Crippen LogP contribution in [0.25, 0.3) is 11.0 Å². The predicted octanol–water partition coefficient (Wildman–Crippen LogP) is 2.35. The number of para-hydroxylation sites is 2. The number of aryl methyl sites for hydroxylation is 1. The molecule has 24 heavy (non-hydrogen) atoms. The van der Waals surface area contributed by atoms with E-state index >= 15 is 0 Å². The van der Waals surface area contributed by atoms with Gasteiger partial charge in [-0.25, -0.2) is 4.98 Å². The van der Waals surface area contributed by atoms with Crippen molar-refractivity contribution in [2.45, 2.75) is 13.5 Å². The van der Waals surface area contributed by atoms with Crippen LogP contribution in [0.1, 0.15) is 5.56 Å². The molecule has 0 unspecified atom stereocenters. The minimum Gasteiger partial charge on any atom is -0.495 e. The Hall–Kier alpha value is -3.15. The maximum atomic E-state index is 12.4. The van der Waals surface area contributed by atoms with Gasteiger partial charge in [0.1, 0.15) is 12.3 Å². The topological polar surface area (TPSA) is 73.2 Å². The number of aromatic nitrogens is 2. The zero-order chi connectivity index (χ0) is 17.1. The lowest BCUT2D eigenvalue weighted by Gasteiger charge is -2.13. The number of amides is 1. The smallest absolute Gasteiger partial charge is 0.269 e. The van der Waals surface area contributed by atoms with Crippen molar-refractivity contribution in [3.8, 4) is 5.75 Å². The molecule has 0 saturated carbocycles. The van der Waals surface area contributed by atoms with E-state index in [4.69, 9.17) is 4.74 Å². The number of fused-ring (bicyclic) bond motifs is 1. The van der Waals surface area contributed by atoms with Crippen molar-refractivity contribution >= 4 is 22.6 Å². The summed E-state index contributed by atoms with van der Waals surface area (Å²) in [6.07, 6.45) is 1.23. The van der Waals surface area contributed by atoms with E-state index in [2.05, 4.69) is 10.3 Å². The second-order valence-corrected chi connectivity index (χ2v) is 5.42. The first kappa shape index (κ1) is 15.7. The molecular weight excluding hydrogens is 306 g/mol. The van der Waals surface area contributed by atoms with Crippen molar-refractivity contribution in [1.29, 1.82) is 0 Å². The van der Waals surface area contributed by atoms with Gasteiger partial charge in [0, 0.05) is 0 Å². The third-order valence-corrected chi connectivity index (χ3v) is 3.68. The van der Waals surface area contributed by atoms with Crippen LogP contribution in [0.15, 0.2) is 53.5 Å². The van der Waals surface area contributed by atoms with Crippen LogP contribution in [-0.4, -0.2) is 22.6 Å². The van der Waals surface area contributed by atoms with E-state index in [1.807, 2.05) is 25.1 Å². The first-order valence-corrected chi connectivity index (χ1v) is 7.47. The monoisotopic (exact) mass is 323 g/mol. The lowest BCUT2D eigenvalue weighted by molar-refractivity contribution is -0.116. The van der Waals surface area contributed by atoms with E-state index < -0.39 is 0 Å². The molecule has 0 saturated heterocycles. The summed E-state index contributed by atoms with van der Waals surface area (Å²) in [6.45, 7) is 1.83. The number of carbonyl (C=O) groups is 1. The first-order valence-electron chi connectivity index (χ1n) is 7.47. The van der Waals surface area contributed by atoms with Gasteiger partial charge < -0.3 is 10.1 Å². The van der Waals surface area contributed by atoms with E-state index in [0.29, 0.717) is 22.5 Å². The minimum absolute atomic E-state index is 0.0983. The van der Waals surface area contributed by atoms with Crippen LogP contribution in [0.3, 0.4) is 0 Å². The van der Waals surface area contributed by atoms with Gasteiger partial charge in [0.2, 0.25) is 5.91 Å². The summed E-state index contributed by atoms with van der Waals surface area (Å²) < 4.78 is 6.65. The van der Waals surface area contributed by atoms with Gasteiger partial charge in [0.05, 0.1) is 30.0 Å². The van der Waals surface area contributed by atoms with E-state index in [9.17, 15) is 9.59 Å². The molecule has 0 aliphatic carbocycles. The quantitative estimate of drug-likeness (QED) is 0.800. The summed E-state index contributed by atoms with van der Waals surface area (Å²) in [7, 11) is 1.54. The van der Waals surface area contributed by atoms with Crippen LogP contribution in [0.4, 0.5) is 5.69 Å². The number of benzene rings is 2. The molecule has 1 N–H and O–H groups in total. The summed E-state index contributed by atoms with van der Waals surface area (Å²) >= 11 is 0. The highest BCUT2D eigenvalue weighted by atomic mass is 16.5. The first-order chi connectivity index (χ1) is 11.6. The van der Waals surface area contributed by atoms with Gasteiger partial charge in [-0.2, -0.15) is 0 Å². The maximum absolute atomic E-state index is 12.4. The molecule has 0 aliphatic heterocycles. The molecule has 0 radical (unpaired) electrons. The fourth-order valence-corrected chi connectivity index (χ4v) is 2.53. The Morgan fingerprint density at radius 3 is 2.83 bits per heavy atom. The fourth-order valence-electron chi connectivity index (χ4n) is 2.53. The molecule has 6 nitrogen and oxygen atoms in total. The minimum atomic E-state index is -0.319. The molecule has 0 bridgehead atoms. The summed E-state index contributed by atoms with van der Waals surface area (Å²) in [5.74, 6) is 0.262. The van der Waals surface area contributed by atoms with Gasteiger partial charge in [-0.3, -0.25) is 14.2 Å². The second kappa shape index (κ2) is 6.54. The van der Waals surface area contributed by atoms with Crippen molar-refractivity contribution in [3.63, 3.8) is 0 Å². The van der Waals surface area contributed by atoms with Crippen molar-refractivity contribution < 1.29 is 9.53 Å². The third kappa shape index (κ3) is 3.12. The molecule has 1 amide bonds. The Morgan fingerprint density at radius 1 is 1.25 bits per heavy atom. The normalized spacial score (nSPS) is 10.6. The molecule has 0 fully saturated rings. The van der Waals surface area contributed by atoms with E-state index in [-0.39, 0.29) is 18.0 Å². The zero-order valence-electron chi connectivity index (χ0n) is 13.4. The largest absolute Gasteiger partial charge is 0.495 e. The van der Waals surface area contributed by atoms with Gasteiger partial charge >= 0.3 is 0 Å². The highest BCUT2D eigenvalue weighted by Crippen LogP contribution is 2.25. The number of hydrogen-bond acceptors (Lipinski definition) is 4. The number of anilines is 1. The standard InChI is InChI=1S/C18H17N3O3/c1-12-7-8-16(24-2)14(9-12)20-17(22)11-21-15-6-4-3-5-13(15)19-10-18(21)23/h3-10H,11H2,1-2H3,(H,20,22). The Kier molecular flexibility index (Phi) is 4.29. The number of hydrogen-bond donors (Lipinski definition) is 1. The van der Waals surface area contributed by atoms with Crippen molar-refractivity contribution in [2.75, 3.05) is 12.4 Å². The summed E-state index contributed by atoms with van der Waals surface area (Å²) in [5.41, 5.74) is 2.54. The van der Waals surface area contributed by atoms with Crippen LogP contribution < -0.4 is 15.6 Å². The number of nitrogens with one attached hydrogen (secondary N) is 1. The molecule has 0 atom stereocenters.